The zero-order valence-corrected chi connectivity index (χ0v) is 15.0. The van der Waals surface area contributed by atoms with Crippen molar-refractivity contribution in [3.8, 4) is 11.3 Å². The molecule has 4 aliphatic rings. The second kappa shape index (κ2) is 5.85. The summed E-state index contributed by atoms with van der Waals surface area (Å²) in [6.07, 6.45) is 6.93. The van der Waals surface area contributed by atoms with E-state index in [0.717, 1.165) is 45.1 Å². The Hall–Kier alpha value is -1.39. The van der Waals surface area contributed by atoms with Crippen LogP contribution in [0.5, 0.6) is 0 Å². The van der Waals surface area contributed by atoms with Crippen molar-refractivity contribution in [3.63, 3.8) is 0 Å². The number of nitrogens with one attached hydrogen (secondary N) is 1. The first-order valence-corrected chi connectivity index (χ1v) is 10.1. The van der Waals surface area contributed by atoms with Crippen molar-refractivity contribution in [2.45, 2.75) is 32.1 Å². The SMILES string of the molecule is Clc1ccc(-c2csc(NN=C3C4CC5CC(C4)CC3C5)n2)cc1. The first-order valence-electron chi connectivity index (χ1n) is 8.79. The quantitative estimate of drug-likeness (QED) is 0.716. The van der Waals surface area contributed by atoms with Crippen LogP contribution in [0.2, 0.25) is 5.02 Å². The van der Waals surface area contributed by atoms with Crippen molar-refractivity contribution in [3.05, 3.63) is 34.7 Å². The van der Waals surface area contributed by atoms with Gasteiger partial charge in [-0.1, -0.05) is 23.7 Å². The van der Waals surface area contributed by atoms with Gasteiger partial charge in [0.05, 0.1) is 5.69 Å². The highest BCUT2D eigenvalue weighted by Gasteiger charge is 2.46. The Morgan fingerprint density at radius 3 is 2.33 bits per heavy atom. The topological polar surface area (TPSA) is 37.3 Å². The number of hydrogen-bond donors (Lipinski definition) is 1. The van der Waals surface area contributed by atoms with Gasteiger partial charge >= 0.3 is 0 Å². The Morgan fingerprint density at radius 1 is 1.00 bits per heavy atom. The molecule has 1 aromatic heterocycles. The lowest BCUT2D eigenvalue weighted by atomic mass is 9.55. The first kappa shape index (κ1) is 14.9. The first-order chi connectivity index (χ1) is 11.7. The summed E-state index contributed by atoms with van der Waals surface area (Å²) in [4.78, 5) is 4.67. The van der Waals surface area contributed by atoms with Gasteiger partial charge in [0, 0.05) is 21.7 Å². The number of halogens is 1. The fraction of sp³-hybridized carbons (Fsp3) is 0.474. The van der Waals surface area contributed by atoms with Gasteiger partial charge in [0.15, 0.2) is 0 Å². The molecule has 4 fully saturated rings. The maximum atomic E-state index is 5.95. The van der Waals surface area contributed by atoms with Gasteiger partial charge in [-0.3, -0.25) is 5.43 Å². The molecule has 124 valence electrons. The maximum absolute atomic E-state index is 5.95. The van der Waals surface area contributed by atoms with E-state index in [9.17, 15) is 0 Å². The Morgan fingerprint density at radius 2 is 1.67 bits per heavy atom. The van der Waals surface area contributed by atoms with Gasteiger partial charge < -0.3 is 0 Å². The number of nitrogens with zero attached hydrogens (tertiary/aromatic N) is 2. The molecule has 4 aliphatic carbocycles. The van der Waals surface area contributed by atoms with Crippen LogP contribution in [0.3, 0.4) is 0 Å². The number of anilines is 1. The standard InChI is InChI=1S/C19H20ClN3S/c20-16-3-1-13(2-4-16)17-10-24-19(21-17)23-22-18-14-6-11-5-12(8-14)9-15(18)7-11/h1-4,10-12,14-15H,5-9H2,(H,21,23). The largest absolute Gasteiger partial charge is 0.253 e. The zero-order valence-electron chi connectivity index (χ0n) is 13.4. The van der Waals surface area contributed by atoms with Gasteiger partial charge in [-0.15, -0.1) is 11.3 Å². The Bertz CT molecular complexity index is 750. The van der Waals surface area contributed by atoms with Crippen LogP contribution in [0.25, 0.3) is 11.3 Å². The monoisotopic (exact) mass is 357 g/mol. The molecule has 3 nitrogen and oxygen atoms in total. The van der Waals surface area contributed by atoms with Crippen molar-refractivity contribution in [2.75, 3.05) is 5.43 Å². The highest BCUT2D eigenvalue weighted by molar-refractivity contribution is 7.14. The third-order valence-corrected chi connectivity index (χ3v) is 6.90. The molecular weight excluding hydrogens is 338 g/mol. The van der Waals surface area contributed by atoms with Crippen molar-refractivity contribution < 1.29 is 0 Å². The molecule has 0 spiro atoms. The van der Waals surface area contributed by atoms with Crippen LogP contribution < -0.4 is 5.43 Å². The molecule has 6 rings (SSSR count). The molecule has 0 unspecified atom stereocenters. The molecule has 4 saturated carbocycles. The van der Waals surface area contributed by atoms with Crippen molar-refractivity contribution in [1.29, 1.82) is 0 Å². The summed E-state index contributed by atoms with van der Waals surface area (Å²) in [5.74, 6) is 3.40. The van der Waals surface area contributed by atoms with Crippen LogP contribution in [0, 0.1) is 23.7 Å². The van der Waals surface area contributed by atoms with Crippen molar-refractivity contribution >= 4 is 33.8 Å². The Labute approximate surface area is 151 Å². The predicted molar refractivity (Wildman–Crippen MR) is 101 cm³/mol. The van der Waals surface area contributed by atoms with Crippen LogP contribution in [-0.2, 0) is 0 Å². The van der Waals surface area contributed by atoms with Crippen molar-refractivity contribution in [2.24, 2.45) is 28.8 Å². The molecule has 24 heavy (non-hydrogen) atoms. The molecule has 5 heteroatoms. The molecule has 4 bridgehead atoms. The third kappa shape index (κ3) is 2.66. The fourth-order valence-corrected chi connectivity index (χ4v) is 5.83. The molecule has 0 atom stereocenters. The van der Waals surface area contributed by atoms with E-state index >= 15 is 0 Å². The van der Waals surface area contributed by atoms with E-state index < -0.39 is 0 Å². The number of rotatable bonds is 3. The summed E-state index contributed by atoms with van der Waals surface area (Å²) in [5.41, 5.74) is 6.73. The van der Waals surface area contributed by atoms with Crippen molar-refractivity contribution in [1.82, 2.24) is 4.98 Å². The number of aromatic nitrogens is 1. The number of hydrogen-bond acceptors (Lipinski definition) is 4. The normalized spacial score (nSPS) is 30.6. The lowest BCUT2D eigenvalue weighted by Crippen LogP contribution is -2.45. The molecule has 1 aromatic carbocycles. The van der Waals surface area contributed by atoms with E-state index in [2.05, 4.69) is 15.8 Å². The summed E-state index contributed by atoms with van der Waals surface area (Å²) >= 11 is 7.56. The van der Waals surface area contributed by atoms with Gasteiger partial charge in [-0.25, -0.2) is 4.98 Å². The molecule has 1 N–H and O–H groups in total. The van der Waals surface area contributed by atoms with E-state index in [1.807, 2.05) is 24.3 Å². The molecular formula is C19H20ClN3S. The van der Waals surface area contributed by atoms with Gasteiger partial charge in [-0.05, 0) is 67.9 Å². The highest BCUT2D eigenvalue weighted by atomic mass is 35.5. The molecule has 1 heterocycles. The molecule has 2 aromatic rings. The second-order valence-electron chi connectivity index (χ2n) is 7.50. The van der Waals surface area contributed by atoms with Gasteiger partial charge in [0.1, 0.15) is 0 Å². The van der Waals surface area contributed by atoms with E-state index in [1.54, 1.807) is 11.3 Å². The number of hydrazone groups is 1. The second-order valence-corrected chi connectivity index (χ2v) is 8.79. The third-order valence-electron chi connectivity index (χ3n) is 5.90. The molecule has 0 amide bonds. The number of thiazole rings is 1. The summed E-state index contributed by atoms with van der Waals surface area (Å²) in [6.45, 7) is 0. The van der Waals surface area contributed by atoms with Crippen LogP contribution in [0.15, 0.2) is 34.7 Å². The lowest BCUT2D eigenvalue weighted by Gasteiger charge is -2.50. The van der Waals surface area contributed by atoms with E-state index in [4.69, 9.17) is 16.7 Å². The zero-order chi connectivity index (χ0) is 16.1. The smallest absolute Gasteiger partial charge is 0.203 e. The summed E-state index contributed by atoms with van der Waals surface area (Å²) in [6, 6.07) is 7.81. The van der Waals surface area contributed by atoms with E-state index in [1.165, 1.54) is 37.8 Å². The van der Waals surface area contributed by atoms with Gasteiger partial charge in [0.2, 0.25) is 5.13 Å². The lowest BCUT2D eigenvalue weighted by molar-refractivity contribution is 0.108. The van der Waals surface area contributed by atoms with Crippen LogP contribution >= 0.6 is 22.9 Å². The molecule has 0 radical (unpaired) electrons. The molecule has 0 saturated heterocycles. The number of benzene rings is 1. The Kier molecular flexibility index (Phi) is 3.64. The van der Waals surface area contributed by atoms with Crippen LogP contribution in [0.1, 0.15) is 32.1 Å². The molecule has 0 aliphatic heterocycles. The highest BCUT2D eigenvalue weighted by Crippen LogP contribution is 2.52. The maximum Gasteiger partial charge on any atom is 0.203 e. The minimum absolute atomic E-state index is 0.726. The minimum atomic E-state index is 0.726. The van der Waals surface area contributed by atoms with E-state index in [-0.39, 0.29) is 0 Å². The average Bonchev–Trinajstić information content (AvgIpc) is 3.03. The summed E-state index contributed by atoms with van der Waals surface area (Å²) in [7, 11) is 0. The van der Waals surface area contributed by atoms with Crippen LogP contribution in [0.4, 0.5) is 5.13 Å². The minimum Gasteiger partial charge on any atom is -0.253 e. The van der Waals surface area contributed by atoms with Gasteiger partial charge in [0.25, 0.3) is 0 Å². The Balaban J connectivity index is 1.33. The van der Waals surface area contributed by atoms with Crippen LogP contribution in [-0.4, -0.2) is 10.7 Å². The average molecular weight is 358 g/mol. The fourth-order valence-electron chi connectivity index (χ4n) is 5.04. The summed E-state index contributed by atoms with van der Waals surface area (Å²) in [5, 5.41) is 8.51. The van der Waals surface area contributed by atoms with Gasteiger partial charge in [-0.2, -0.15) is 5.10 Å². The summed E-state index contributed by atoms with van der Waals surface area (Å²) < 4.78 is 0. The van der Waals surface area contributed by atoms with E-state index in [0.29, 0.717) is 0 Å². The predicted octanol–water partition coefficient (Wildman–Crippen LogP) is 5.69.